The van der Waals surface area contributed by atoms with Crippen molar-refractivity contribution < 1.29 is 0 Å². The lowest BCUT2D eigenvalue weighted by molar-refractivity contribution is 0.449. The molecule has 112 valence electrons. The lowest BCUT2D eigenvalue weighted by Crippen LogP contribution is -2.07. The third-order valence-electron chi connectivity index (χ3n) is 4.80. The van der Waals surface area contributed by atoms with Gasteiger partial charge in [-0.3, -0.25) is 0 Å². The molecule has 22 heavy (non-hydrogen) atoms. The van der Waals surface area contributed by atoms with Crippen LogP contribution in [-0.2, 0) is 0 Å². The fraction of sp³-hybridized carbons (Fsp3) is 0.273. The molecular weight excluding hydrogens is 264 g/mol. The van der Waals surface area contributed by atoms with Gasteiger partial charge in [-0.2, -0.15) is 0 Å². The number of hydrogen-bond acceptors (Lipinski definition) is 0. The van der Waals surface area contributed by atoms with Crippen LogP contribution in [0.25, 0.3) is 11.1 Å². The van der Waals surface area contributed by atoms with Gasteiger partial charge in [-0.25, -0.2) is 0 Å². The van der Waals surface area contributed by atoms with Gasteiger partial charge in [0.15, 0.2) is 0 Å². The van der Waals surface area contributed by atoms with Crippen LogP contribution in [0.2, 0.25) is 0 Å². The summed E-state index contributed by atoms with van der Waals surface area (Å²) in [6.45, 7) is 6.30. The first-order valence-corrected chi connectivity index (χ1v) is 8.26. The van der Waals surface area contributed by atoms with Crippen molar-refractivity contribution in [3.05, 3.63) is 84.4 Å². The maximum Gasteiger partial charge on any atom is -0.0121 e. The number of benzene rings is 2. The van der Waals surface area contributed by atoms with Crippen molar-refractivity contribution in [1.29, 1.82) is 0 Å². The van der Waals surface area contributed by atoms with Gasteiger partial charge in [-0.15, -0.1) is 6.58 Å². The van der Waals surface area contributed by atoms with Crippen LogP contribution in [0.4, 0.5) is 0 Å². The molecule has 1 aliphatic rings. The fourth-order valence-corrected chi connectivity index (χ4v) is 3.73. The van der Waals surface area contributed by atoms with Crippen LogP contribution in [0.5, 0.6) is 0 Å². The summed E-state index contributed by atoms with van der Waals surface area (Å²) >= 11 is 0. The Morgan fingerprint density at radius 2 is 1.55 bits per heavy atom. The third kappa shape index (κ3) is 2.92. The maximum atomic E-state index is 3.91. The number of allylic oxidation sites excluding steroid dienone is 3. The Morgan fingerprint density at radius 1 is 0.955 bits per heavy atom. The Hall–Kier alpha value is -2.08. The molecule has 2 atom stereocenters. The zero-order valence-corrected chi connectivity index (χ0v) is 13.3. The molecule has 0 amide bonds. The molecule has 0 fully saturated rings. The van der Waals surface area contributed by atoms with Gasteiger partial charge in [0.25, 0.3) is 0 Å². The Kier molecular flexibility index (Phi) is 4.58. The second kappa shape index (κ2) is 6.79. The van der Waals surface area contributed by atoms with E-state index in [9.17, 15) is 0 Å². The summed E-state index contributed by atoms with van der Waals surface area (Å²) in [6.07, 6.45) is 5.52. The van der Waals surface area contributed by atoms with Crippen molar-refractivity contribution in [2.24, 2.45) is 11.8 Å². The van der Waals surface area contributed by atoms with Crippen molar-refractivity contribution in [2.75, 3.05) is 0 Å². The molecule has 1 aliphatic carbocycles. The molecule has 0 aliphatic heterocycles. The monoisotopic (exact) mass is 288 g/mol. The Morgan fingerprint density at radius 3 is 2.14 bits per heavy atom. The Balaban J connectivity index is 2.09. The van der Waals surface area contributed by atoms with Crippen molar-refractivity contribution in [2.45, 2.75) is 26.2 Å². The van der Waals surface area contributed by atoms with E-state index in [0.29, 0.717) is 11.8 Å². The van der Waals surface area contributed by atoms with Gasteiger partial charge in [0.05, 0.1) is 0 Å². The van der Waals surface area contributed by atoms with Crippen LogP contribution in [0.1, 0.15) is 37.3 Å². The predicted molar refractivity (Wildman–Crippen MR) is 96.4 cm³/mol. The Labute approximate surface area is 134 Å². The molecule has 0 bridgehead atoms. The number of hydrogen-bond donors (Lipinski definition) is 0. The summed E-state index contributed by atoms with van der Waals surface area (Å²) in [5.41, 5.74) is 5.86. The molecule has 2 aromatic rings. The van der Waals surface area contributed by atoms with Gasteiger partial charge in [-0.05, 0) is 53.4 Å². The summed E-state index contributed by atoms with van der Waals surface area (Å²) in [6, 6.07) is 21.8. The third-order valence-corrected chi connectivity index (χ3v) is 4.80. The van der Waals surface area contributed by atoms with E-state index < -0.39 is 0 Å². The molecule has 3 rings (SSSR count). The van der Waals surface area contributed by atoms with Crippen molar-refractivity contribution in [3.63, 3.8) is 0 Å². The van der Waals surface area contributed by atoms with Crippen LogP contribution >= 0.6 is 0 Å². The van der Waals surface area contributed by atoms with E-state index in [0.717, 1.165) is 6.42 Å². The first-order chi connectivity index (χ1) is 10.8. The summed E-state index contributed by atoms with van der Waals surface area (Å²) < 4.78 is 0. The van der Waals surface area contributed by atoms with Crippen molar-refractivity contribution >= 4 is 11.1 Å². The second-order valence-corrected chi connectivity index (χ2v) is 6.28. The SMILES string of the molecule is C=CCC[C@@H]1C(c2ccccc2)=C(c2ccccc2)C[C@@H]1C. The van der Waals surface area contributed by atoms with E-state index in [-0.39, 0.29) is 0 Å². The molecule has 0 heteroatoms. The molecule has 0 spiro atoms. The minimum absolute atomic E-state index is 0.635. The zero-order valence-electron chi connectivity index (χ0n) is 13.3. The molecular formula is C22H24. The van der Waals surface area contributed by atoms with E-state index in [4.69, 9.17) is 0 Å². The van der Waals surface area contributed by atoms with Gasteiger partial charge in [0.1, 0.15) is 0 Å². The van der Waals surface area contributed by atoms with E-state index in [1.807, 2.05) is 0 Å². The first-order valence-electron chi connectivity index (χ1n) is 8.26. The van der Waals surface area contributed by atoms with Crippen LogP contribution in [0.15, 0.2) is 73.3 Å². The highest BCUT2D eigenvalue weighted by atomic mass is 14.4. The summed E-state index contributed by atoms with van der Waals surface area (Å²) in [7, 11) is 0. The standard InChI is InChI=1S/C22H24/c1-3-4-15-20-17(2)16-21(18-11-7-5-8-12-18)22(20)19-13-9-6-10-14-19/h3,5-14,17,20H,1,4,15-16H2,2H3/t17-,20-/m0/s1. The fourth-order valence-electron chi connectivity index (χ4n) is 3.73. The van der Waals surface area contributed by atoms with Gasteiger partial charge in [0, 0.05) is 0 Å². The molecule has 0 unspecified atom stereocenters. The van der Waals surface area contributed by atoms with Gasteiger partial charge < -0.3 is 0 Å². The molecule has 2 aromatic carbocycles. The van der Waals surface area contributed by atoms with E-state index in [1.165, 1.54) is 29.5 Å². The van der Waals surface area contributed by atoms with Gasteiger partial charge >= 0.3 is 0 Å². The van der Waals surface area contributed by atoms with Gasteiger partial charge in [0.2, 0.25) is 0 Å². The van der Waals surface area contributed by atoms with E-state index >= 15 is 0 Å². The summed E-state index contributed by atoms with van der Waals surface area (Å²) in [5.74, 6) is 1.33. The molecule has 0 heterocycles. The van der Waals surface area contributed by atoms with Crippen LogP contribution in [-0.4, -0.2) is 0 Å². The highest BCUT2D eigenvalue weighted by Crippen LogP contribution is 2.48. The topological polar surface area (TPSA) is 0 Å². The minimum Gasteiger partial charge on any atom is -0.103 e. The lowest BCUT2D eigenvalue weighted by atomic mass is 9.85. The quantitative estimate of drug-likeness (QED) is 0.573. The maximum absolute atomic E-state index is 3.91. The average Bonchev–Trinajstić information content (AvgIpc) is 2.91. The van der Waals surface area contributed by atoms with E-state index in [1.54, 1.807) is 5.57 Å². The molecule has 0 radical (unpaired) electrons. The van der Waals surface area contributed by atoms with Gasteiger partial charge in [-0.1, -0.05) is 73.7 Å². The van der Waals surface area contributed by atoms with E-state index in [2.05, 4.69) is 80.2 Å². The molecule has 0 aromatic heterocycles. The molecule has 0 N–H and O–H groups in total. The first kappa shape index (κ1) is 14.8. The minimum atomic E-state index is 0.635. The van der Waals surface area contributed by atoms with Crippen LogP contribution in [0, 0.1) is 11.8 Å². The lowest BCUT2D eigenvalue weighted by Gasteiger charge is -2.19. The second-order valence-electron chi connectivity index (χ2n) is 6.28. The predicted octanol–water partition coefficient (Wildman–Crippen LogP) is 6.22. The summed E-state index contributed by atoms with van der Waals surface area (Å²) in [5, 5.41) is 0. The number of rotatable bonds is 5. The Bertz CT molecular complexity index is 649. The van der Waals surface area contributed by atoms with Crippen LogP contribution < -0.4 is 0 Å². The zero-order chi connectivity index (χ0) is 15.4. The highest BCUT2D eigenvalue weighted by Gasteiger charge is 2.32. The average molecular weight is 288 g/mol. The van der Waals surface area contributed by atoms with Crippen molar-refractivity contribution in [1.82, 2.24) is 0 Å². The molecule has 0 nitrogen and oxygen atoms in total. The normalized spacial score (nSPS) is 21.1. The molecule has 0 saturated carbocycles. The largest absolute Gasteiger partial charge is 0.103 e. The highest BCUT2D eigenvalue weighted by molar-refractivity contribution is 5.94. The van der Waals surface area contributed by atoms with Crippen molar-refractivity contribution in [3.8, 4) is 0 Å². The van der Waals surface area contributed by atoms with Crippen LogP contribution in [0.3, 0.4) is 0 Å². The summed E-state index contributed by atoms with van der Waals surface area (Å²) in [4.78, 5) is 0. The molecule has 0 saturated heterocycles. The smallest absolute Gasteiger partial charge is 0.0121 e.